The highest BCUT2D eigenvalue weighted by Crippen LogP contribution is 2.37. The van der Waals surface area contributed by atoms with Gasteiger partial charge in [-0.05, 0) is 85.7 Å². The smallest absolute Gasteiger partial charge is 0.371 e. The maximum atomic E-state index is 13.4. The number of alkyl halides is 3. The van der Waals surface area contributed by atoms with Crippen molar-refractivity contribution in [3.05, 3.63) is 88.2 Å². The Kier molecular flexibility index (Phi) is 8.68. The topological polar surface area (TPSA) is 86.4 Å². The summed E-state index contributed by atoms with van der Waals surface area (Å²) in [5.74, 6) is -0.194. The van der Waals surface area contributed by atoms with Crippen molar-refractivity contribution in [2.75, 3.05) is 29.9 Å². The lowest BCUT2D eigenvalue weighted by molar-refractivity contribution is -0.136. The fraction of sp³-hybridized carbons (Fsp3) is 0.367. The van der Waals surface area contributed by atoms with Gasteiger partial charge in [-0.1, -0.05) is 17.7 Å². The standard InChI is InChI=1S/C30H31ClF3N5O2/c31-22-6-7-27(26(17-22)30(32,33)34)38-29(41)36-18-21-3-1-2-19-4-5-20(16-25(19)21)28(40)37-23-10-14-39(15-11-23)24-8-12-35-13-9-24/h4-9,12-13,16-17,21,23H,1-3,10-11,14-15,18H2,(H,37,40)(H2,36,38,41). The number of amides is 3. The van der Waals surface area contributed by atoms with Crippen LogP contribution in [0.4, 0.5) is 29.3 Å². The van der Waals surface area contributed by atoms with E-state index in [1.807, 2.05) is 30.3 Å². The molecule has 3 aromatic rings. The molecule has 7 nitrogen and oxygen atoms in total. The summed E-state index contributed by atoms with van der Waals surface area (Å²) < 4.78 is 40.2. The molecule has 1 aromatic heterocycles. The van der Waals surface area contributed by atoms with Gasteiger partial charge in [0.2, 0.25) is 0 Å². The van der Waals surface area contributed by atoms with Crippen LogP contribution in [0.3, 0.4) is 0 Å². The zero-order valence-electron chi connectivity index (χ0n) is 22.3. The molecule has 1 saturated heterocycles. The highest BCUT2D eigenvalue weighted by atomic mass is 35.5. The van der Waals surface area contributed by atoms with E-state index in [1.165, 1.54) is 6.07 Å². The Morgan fingerprint density at radius 2 is 1.76 bits per heavy atom. The number of urea groups is 1. The molecule has 41 heavy (non-hydrogen) atoms. The van der Waals surface area contributed by atoms with Crippen molar-refractivity contribution in [3.63, 3.8) is 0 Å². The average Bonchev–Trinajstić information content (AvgIpc) is 2.97. The third kappa shape index (κ3) is 7.11. The number of aryl methyl sites for hydroxylation is 1. The van der Waals surface area contributed by atoms with Gasteiger partial charge in [-0.15, -0.1) is 0 Å². The van der Waals surface area contributed by atoms with Gasteiger partial charge in [0.1, 0.15) is 0 Å². The summed E-state index contributed by atoms with van der Waals surface area (Å²) in [6.45, 7) is 1.91. The number of nitrogens with one attached hydrogen (secondary N) is 3. The monoisotopic (exact) mass is 585 g/mol. The lowest BCUT2D eigenvalue weighted by Crippen LogP contribution is -2.44. The number of anilines is 2. The van der Waals surface area contributed by atoms with Gasteiger partial charge in [-0.3, -0.25) is 9.78 Å². The van der Waals surface area contributed by atoms with E-state index in [2.05, 4.69) is 25.8 Å². The first-order valence-corrected chi connectivity index (χ1v) is 14.1. The second kappa shape index (κ2) is 12.4. The number of carbonyl (C=O) groups is 2. The van der Waals surface area contributed by atoms with Gasteiger partial charge in [0.25, 0.3) is 5.91 Å². The fourth-order valence-electron chi connectivity index (χ4n) is 5.60. The number of piperidine rings is 1. The van der Waals surface area contributed by atoms with Crippen LogP contribution in [0.25, 0.3) is 0 Å². The van der Waals surface area contributed by atoms with E-state index in [0.29, 0.717) is 5.56 Å². The number of carbonyl (C=O) groups excluding carboxylic acids is 2. The van der Waals surface area contributed by atoms with Crippen molar-refractivity contribution in [2.45, 2.75) is 50.2 Å². The van der Waals surface area contributed by atoms with Crippen LogP contribution in [0.2, 0.25) is 5.02 Å². The number of aromatic nitrogens is 1. The van der Waals surface area contributed by atoms with Gasteiger partial charge in [0, 0.05) is 60.3 Å². The quantitative estimate of drug-likeness (QED) is 0.313. The maximum Gasteiger partial charge on any atom is 0.418 e. The first-order valence-electron chi connectivity index (χ1n) is 13.7. The molecular weight excluding hydrogens is 555 g/mol. The lowest BCUT2D eigenvalue weighted by atomic mass is 9.82. The predicted octanol–water partition coefficient (Wildman–Crippen LogP) is 6.39. The normalized spacial score (nSPS) is 17.5. The molecule has 0 radical (unpaired) electrons. The van der Waals surface area contributed by atoms with Crippen LogP contribution in [-0.2, 0) is 12.6 Å². The molecule has 0 bridgehead atoms. The van der Waals surface area contributed by atoms with Crippen molar-refractivity contribution in [2.24, 2.45) is 0 Å². The largest absolute Gasteiger partial charge is 0.418 e. The number of hydrogen-bond donors (Lipinski definition) is 3. The SMILES string of the molecule is O=C(NCC1CCCc2ccc(C(=O)NC3CCN(c4ccncc4)CC3)cc21)Nc1ccc(Cl)cc1C(F)(F)F. The van der Waals surface area contributed by atoms with Gasteiger partial charge in [0.15, 0.2) is 0 Å². The molecule has 2 aliphatic rings. The van der Waals surface area contributed by atoms with Crippen LogP contribution < -0.4 is 20.9 Å². The Bertz CT molecular complexity index is 1390. The van der Waals surface area contributed by atoms with Gasteiger partial charge >= 0.3 is 12.2 Å². The van der Waals surface area contributed by atoms with E-state index in [1.54, 1.807) is 12.4 Å². The van der Waals surface area contributed by atoms with Gasteiger partial charge in [0.05, 0.1) is 11.3 Å². The minimum absolute atomic E-state index is 0.0619. The highest BCUT2D eigenvalue weighted by molar-refractivity contribution is 6.30. The molecule has 1 aliphatic carbocycles. The molecule has 0 saturated carbocycles. The van der Waals surface area contributed by atoms with Crippen molar-refractivity contribution in [1.82, 2.24) is 15.6 Å². The van der Waals surface area contributed by atoms with E-state index in [4.69, 9.17) is 11.6 Å². The summed E-state index contributed by atoms with van der Waals surface area (Å²) in [5, 5.41) is 8.10. The van der Waals surface area contributed by atoms with Crippen molar-refractivity contribution in [3.8, 4) is 0 Å². The molecule has 1 unspecified atom stereocenters. The number of halogens is 4. The molecule has 3 N–H and O–H groups in total. The summed E-state index contributed by atoms with van der Waals surface area (Å²) >= 11 is 5.73. The average molecular weight is 586 g/mol. The third-order valence-electron chi connectivity index (χ3n) is 7.75. The molecule has 1 aliphatic heterocycles. The minimum atomic E-state index is -4.66. The van der Waals surface area contributed by atoms with Crippen molar-refractivity contribution < 1.29 is 22.8 Å². The molecule has 1 fully saturated rings. The van der Waals surface area contributed by atoms with Gasteiger partial charge in [-0.25, -0.2) is 4.79 Å². The van der Waals surface area contributed by atoms with Crippen molar-refractivity contribution in [1.29, 1.82) is 0 Å². The lowest BCUT2D eigenvalue weighted by Gasteiger charge is -2.34. The number of hydrogen-bond acceptors (Lipinski definition) is 4. The number of nitrogens with zero attached hydrogens (tertiary/aromatic N) is 2. The van der Waals surface area contributed by atoms with Crippen molar-refractivity contribution >= 4 is 34.9 Å². The van der Waals surface area contributed by atoms with E-state index >= 15 is 0 Å². The first-order chi connectivity index (χ1) is 19.7. The Labute approximate surface area is 241 Å². The molecule has 2 heterocycles. The highest BCUT2D eigenvalue weighted by Gasteiger charge is 2.34. The third-order valence-corrected chi connectivity index (χ3v) is 7.98. The zero-order chi connectivity index (χ0) is 29.0. The molecular formula is C30H31ClF3N5O2. The minimum Gasteiger partial charge on any atom is -0.371 e. The molecule has 216 valence electrons. The van der Waals surface area contributed by atoms with E-state index < -0.39 is 17.8 Å². The maximum absolute atomic E-state index is 13.4. The summed E-state index contributed by atoms with van der Waals surface area (Å²) in [7, 11) is 0. The molecule has 5 rings (SSSR count). The first kappa shape index (κ1) is 28.7. The number of benzene rings is 2. The van der Waals surface area contributed by atoms with Crippen LogP contribution in [0, 0.1) is 0 Å². The summed E-state index contributed by atoms with van der Waals surface area (Å²) in [6, 6.07) is 12.2. The van der Waals surface area contributed by atoms with Crippen LogP contribution >= 0.6 is 11.6 Å². The summed E-state index contributed by atoms with van der Waals surface area (Å²) in [5.41, 5.74) is 2.41. The number of pyridine rings is 1. The predicted molar refractivity (Wildman–Crippen MR) is 153 cm³/mol. The van der Waals surface area contributed by atoms with Gasteiger partial charge < -0.3 is 20.9 Å². The molecule has 1 atom stereocenters. The van der Waals surface area contributed by atoms with Crippen LogP contribution in [0.1, 0.15) is 58.6 Å². The Hall–Kier alpha value is -3.79. The molecule has 3 amide bonds. The Balaban J connectivity index is 1.19. The molecule has 2 aromatic carbocycles. The zero-order valence-corrected chi connectivity index (χ0v) is 23.1. The van der Waals surface area contributed by atoms with Gasteiger partial charge in [-0.2, -0.15) is 13.2 Å². The second-order valence-corrected chi connectivity index (χ2v) is 10.9. The summed E-state index contributed by atoms with van der Waals surface area (Å²) in [6.07, 6.45) is 3.14. The Morgan fingerprint density at radius 1 is 1.00 bits per heavy atom. The van der Waals surface area contributed by atoms with E-state index in [0.717, 1.165) is 74.1 Å². The van der Waals surface area contributed by atoms with E-state index in [9.17, 15) is 22.8 Å². The number of fused-ring (bicyclic) bond motifs is 1. The van der Waals surface area contributed by atoms with Crippen LogP contribution in [0.15, 0.2) is 60.9 Å². The Morgan fingerprint density at radius 3 is 2.49 bits per heavy atom. The number of rotatable bonds is 6. The fourth-order valence-corrected chi connectivity index (χ4v) is 5.77. The molecule has 11 heteroatoms. The van der Waals surface area contributed by atoms with Crippen LogP contribution in [-0.4, -0.2) is 42.6 Å². The van der Waals surface area contributed by atoms with Crippen LogP contribution in [0.5, 0.6) is 0 Å². The second-order valence-electron chi connectivity index (χ2n) is 10.5. The summed E-state index contributed by atoms with van der Waals surface area (Å²) in [4.78, 5) is 32.0. The molecule has 0 spiro atoms. The van der Waals surface area contributed by atoms with E-state index in [-0.39, 0.29) is 35.1 Å².